The minimum Gasteiger partial charge on any atom is -0.496 e. The van der Waals surface area contributed by atoms with Crippen molar-refractivity contribution in [2.24, 2.45) is 0 Å². The zero-order valence-corrected chi connectivity index (χ0v) is 13.3. The van der Waals surface area contributed by atoms with Crippen molar-refractivity contribution in [2.45, 2.75) is 0 Å². The minimum absolute atomic E-state index is 0.0695. The molecule has 1 aliphatic heterocycles. The van der Waals surface area contributed by atoms with E-state index >= 15 is 0 Å². The largest absolute Gasteiger partial charge is 0.496 e. The molecule has 1 aliphatic rings. The number of carbonyl (C=O) groups excluding carboxylic acids is 1. The standard InChI is InChI=1S/C16H13NO2S2/c1-17-15(18)14(21-16(17)20)9-12-11-6-4-3-5-10(11)7-8-13(12)19-2/h3-9H,1-2H3/b14-9-. The molecule has 5 heteroatoms. The Morgan fingerprint density at radius 3 is 2.67 bits per heavy atom. The molecule has 21 heavy (non-hydrogen) atoms. The highest BCUT2D eigenvalue weighted by atomic mass is 32.2. The van der Waals surface area contributed by atoms with Crippen LogP contribution in [0.15, 0.2) is 41.3 Å². The van der Waals surface area contributed by atoms with Crippen molar-refractivity contribution in [3.8, 4) is 5.75 Å². The van der Waals surface area contributed by atoms with Gasteiger partial charge < -0.3 is 4.74 Å². The summed E-state index contributed by atoms with van der Waals surface area (Å²) in [5.74, 6) is 0.676. The lowest BCUT2D eigenvalue weighted by atomic mass is 10.0. The molecule has 0 unspecified atom stereocenters. The highest BCUT2D eigenvalue weighted by molar-refractivity contribution is 8.26. The molecule has 1 heterocycles. The highest BCUT2D eigenvalue weighted by Gasteiger charge is 2.29. The molecule has 3 rings (SSSR count). The number of carbonyl (C=O) groups is 1. The Bertz CT molecular complexity index is 783. The zero-order chi connectivity index (χ0) is 15.0. The SMILES string of the molecule is COc1ccc2ccccc2c1/C=C1\SC(=S)N(C)C1=O. The number of benzene rings is 2. The third-order valence-corrected chi connectivity index (χ3v) is 4.90. The van der Waals surface area contributed by atoms with Crippen LogP contribution in [0.25, 0.3) is 16.8 Å². The first-order valence-corrected chi connectivity index (χ1v) is 7.61. The van der Waals surface area contributed by atoms with Gasteiger partial charge in [0.15, 0.2) is 0 Å². The third-order valence-electron chi connectivity index (χ3n) is 3.41. The Balaban J connectivity index is 2.20. The summed E-state index contributed by atoms with van der Waals surface area (Å²) in [6, 6.07) is 12.0. The topological polar surface area (TPSA) is 29.5 Å². The number of hydrogen-bond acceptors (Lipinski definition) is 4. The lowest BCUT2D eigenvalue weighted by Crippen LogP contribution is -2.22. The van der Waals surface area contributed by atoms with Crippen LogP contribution >= 0.6 is 24.0 Å². The fraction of sp³-hybridized carbons (Fsp3) is 0.125. The molecular formula is C16H13NO2S2. The van der Waals surface area contributed by atoms with Crippen molar-refractivity contribution in [1.82, 2.24) is 4.90 Å². The van der Waals surface area contributed by atoms with Gasteiger partial charge in [0.25, 0.3) is 5.91 Å². The summed E-state index contributed by atoms with van der Waals surface area (Å²) in [4.78, 5) is 14.3. The van der Waals surface area contributed by atoms with Crippen LogP contribution in [-0.4, -0.2) is 29.3 Å². The molecule has 1 fully saturated rings. The number of methoxy groups -OCH3 is 1. The Morgan fingerprint density at radius 1 is 1.24 bits per heavy atom. The van der Waals surface area contributed by atoms with Crippen LogP contribution in [0.2, 0.25) is 0 Å². The number of nitrogens with zero attached hydrogens (tertiary/aromatic N) is 1. The Labute approximate surface area is 132 Å². The lowest BCUT2D eigenvalue weighted by Gasteiger charge is -2.09. The van der Waals surface area contributed by atoms with E-state index in [4.69, 9.17) is 17.0 Å². The molecule has 0 spiro atoms. The van der Waals surface area contributed by atoms with Crippen molar-refractivity contribution in [3.63, 3.8) is 0 Å². The lowest BCUT2D eigenvalue weighted by molar-refractivity contribution is -0.121. The molecule has 1 saturated heterocycles. The van der Waals surface area contributed by atoms with Crippen LogP contribution in [0.5, 0.6) is 5.75 Å². The monoisotopic (exact) mass is 315 g/mol. The maximum absolute atomic E-state index is 12.2. The van der Waals surface area contributed by atoms with Gasteiger partial charge in [0.1, 0.15) is 10.1 Å². The normalized spacial score (nSPS) is 17.0. The second kappa shape index (κ2) is 5.50. The van der Waals surface area contributed by atoms with E-state index in [-0.39, 0.29) is 5.91 Å². The van der Waals surface area contributed by atoms with Crippen LogP contribution in [0.1, 0.15) is 5.56 Å². The first kappa shape index (κ1) is 14.1. The van der Waals surface area contributed by atoms with E-state index in [1.54, 1.807) is 14.2 Å². The van der Waals surface area contributed by atoms with Crippen LogP contribution in [0, 0.1) is 0 Å². The summed E-state index contributed by atoms with van der Waals surface area (Å²) in [7, 11) is 3.32. The molecule has 0 bridgehead atoms. The number of rotatable bonds is 2. The van der Waals surface area contributed by atoms with E-state index in [9.17, 15) is 4.79 Å². The molecule has 0 N–H and O–H groups in total. The predicted octanol–water partition coefficient (Wildman–Crippen LogP) is 3.68. The number of thioether (sulfide) groups is 1. The molecule has 2 aromatic carbocycles. The molecule has 2 aromatic rings. The van der Waals surface area contributed by atoms with Gasteiger partial charge >= 0.3 is 0 Å². The summed E-state index contributed by atoms with van der Waals surface area (Å²) < 4.78 is 6.02. The van der Waals surface area contributed by atoms with Crippen LogP contribution < -0.4 is 4.74 Å². The van der Waals surface area contributed by atoms with E-state index in [1.807, 2.05) is 42.5 Å². The second-order valence-corrected chi connectivity index (χ2v) is 6.32. The fourth-order valence-corrected chi connectivity index (χ4v) is 3.44. The predicted molar refractivity (Wildman–Crippen MR) is 91.4 cm³/mol. The fourth-order valence-electron chi connectivity index (χ4n) is 2.28. The van der Waals surface area contributed by atoms with Gasteiger partial charge in [0.2, 0.25) is 0 Å². The highest BCUT2D eigenvalue weighted by Crippen LogP contribution is 2.36. The maximum Gasteiger partial charge on any atom is 0.265 e. The minimum atomic E-state index is -0.0695. The zero-order valence-electron chi connectivity index (χ0n) is 11.6. The molecular weight excluding hydrogens is 302 g/mol. The molecule has 0 saturated carbocycles. The Morgan fingerprint density at radius 2 is 2.00 bits per heavy atom. The van der Waals surface area contributed by atoms with Crippen LogP contribution in [-0.2, 0) is 4.79 Å². The van der Waals surface area contributed by atoms with E-state index in [0.717, 1.165) is 22.1 Å². The quantitative estimate of drug-likeness (QED) is 0.624. The molecule has 0 radical (unpaired) electrons. The van der Waals surface area contributed by atoms with E-state index < -0.39 is 0 Å². The van der Waals surface area contributed by atoms with E-state index in [1.165, 1.54) is 16.7 Å². The van der Waals surface area contributed by atoms with E-state index in [0.29, 0.717) is 9.23 Å². The summed E-state index contributed by atoms with van der Waals surface area (Å²) in [6.45, 7) is 0. The van der Waals surface area contributed by atoms with Crippen molar-refractivity contribution in [3.05, 3.63) is 46.9 Å². The summed E-state index contributed by atoms with van der Waals surface area (Å²) in [6.07, 6.45) is 1.87. The summed E-state index contributed by atoms with van der Waals surface area (Å²) in [5, 5.41) is 2.16. The average Bonchev–Trinajstić information content (AvgIpc) is 2.75. The molecule has 0 atom stereocenters. The Kier molecular flexibility index (Phi) is 3.69. The third kappa shape index (κ3) is 2.43. The van der Waals surface area contributed by atoms with Gasteiger partial charge in [-0.1, -0.05) is 54.3 Å². The van der Waals surface area contributed by atoms with Gasteiger partial charge in [0.05, 0.1) is 12.0 Å². The van der Waals surface area contributed by atoms with Gasteiger partial charge in [-0.15, -0.1) is 0 Å². The number of hydrogen-bond donors (Lipinski definition) is 0. The number of ether oxygens (including phenoxy) is 1. The van der Waals surface area contributed by atoms with Crippen LogP contribution in [0.3, 0.4) is 0 Å². The van der Waals surface area contributed by atoms with Gasteiger partial charge in [-0.25, -0.2) is 0 Å². The first-order chi connectivity index (χ1) is 10.1. The van der Waals surface area contributed by atoms with Crippen molar-refractivity contribution in [2.75, 3.05) is 14.2 Å². The van der Waals surface area contributed by atoms with Crippen molar-refractivity contribution >= 4 is 51.1 Å². The molecule has 0 aliphatic carbocycles. The molecule has 3 nitrogen and oxygen atoms in total. The van der Waals surface area contributed by atoms with Gasteiger partial charge in [-0.05, 0) is 22.9 Å². The number of likely N-dealkylation sites (N-methyl/N-ethyl adjacent to an activating group) is 1. The van der Waals surface area contributed by atoms with Crippen molar-refractivity contribution in [1.29, 1.82) is 0 Å². The maximum atomic E-state index is 12.2. The first-order valence-electron chi connectivity index (χ1n) is 6.39. The van der Waals surface area contributed by atoms with Gasteiger partial charge in [-0.3, -0.25) is 9.69 Å². The van der Waals surface area contributed by atoms with E-state index in [2.05, 4.69) is 0 Å². The molecule has 0 aromatic heterocycles. The summed E-state index contributed by atoms with van der Waals surface area (Å²) in [5.41, 5.74) is 0.907. The summed E-state index contributed by atoms with van der Waals surface area (Å²) >= 11 is 6.48. The van der Waals surface area contributed by atoms with Gasteiger partial charge in [0, 0.05) is 12.6 Å². The smallest absolute Gasteiger partial charge is 0.265 e. The number of amides is 1. The number of thiocarbonyl (C=S) groups is 1. The van der Waals surface area contributed by atoms with Crippen molar-refractivity contribution < 1.29 is 9.53 Å². The molecule has 106 valence electrons. The Hall–Kier alpha value is -1.85. The number of fused-ring (bicyclic) bond motifs is 1. The molecule has 1 amide bonds. The second-order valence-electron chi connectivity index (χ2n) is 4.64. The van der Waals surface area contributed by atoms with Crippen LogP contribution in [0.4, 0.5) is 0 Å². The van der Waals surface area contributed by atoms with Gasteiger partial charge in [-0.2, -0.15) is 0 Å². The average molecular weight is 315 g/mol.